The minimum absolute atomic E-state index is 0.0815. The van der Waals surface area contributed by atoms with Gasteiger partial charge in [-0.3, -0.25) is 4.79 Å². The molecule has 1 saturated heterocycles. The van der Waals surface area contributed by atoms with Gasteiger partial charge in [-0.05, 0) is 31.4 Å². The number of aromatic hydroxyl groups is 1. The number of halogens is 1. The van der Waals surface area contributed by atoms with Crippen LogP contribution in [0.1, 0.15) is 28.8 Å². The van der Waals surface area contributed by atoms with Gasteiger partial charge in [0.05, 0.1) is 18.3 Å². The third kappa shape index (κ3) is 3.44. The number of amides is 1. The van der Waals surface area contributed by atoms with Crippen molar-refractivity contribution in [2.45, 2.75) is 25.9 Å². The second kappa shape index (κ2) is 6.95. The molecule has 1 amide bonds. The normalized spacial score (nSPS) is 16.4. The summed E-state index contributed by atoms with van der Waals surface area (Å²) in [6.07, 6.45) is 1.81. The Morgan fingerprint density at radius 3 is 2.80 bits per heavy atom. The second-order valence-electron chi connectivity index (χ2n) is 5.02. The van der Waals surface area contributed by atoms with Gasteiger partial charge in [0.2, 0.25) is 0 Å². The van der Waals surface area contributed by atoms with Crippen LogP contribution in [0.5, 0.6) is 5.75 Å². The molecule has 1 aromatic rings. The zero-order valence-corrected chi connectivity index (χ0v) is 12.4. The van der Waals surface area contributed by atoms with E-state index in [4.69, 9.17) is 16.3 Å². The summed E-state index contributed by atoms with van der Waals surface area (Å²) in [5.74, 6) is 0.469. The smallest absolute Gasteiger partial charge is 0.257 e. The monoisotopic (exact) mass is 297 g/mol. The number of alkyl halides is 1. The van der Waals surface area contributed by atoms with Gasteiger partial charge >= 0.3 is 0 Å². The number of carbonyl (C=O) groups excluding carboxylic acids is 1. The largest absolute Gasteiger partial charge is 0.507 e. The van der Waals surface area contributed by atoms with Crippen LogP contribution >= 0.6 is 11.6 Å². The lowest BCUT2D eigenvalue weighted by molar-refractivity contribution is 0.0153. The minimum atomic E-state index is -0.109. The maximum Gasteiger partial charge on any atom is 0.257 e. The molecule has 0 radical (unpaired) electrons. The van der Waals surface area contributed by atoms with Crippen LogP contribution in [0, 0.1) is 6.92 Å². The van der Waals surface area contributed by atoms with E-state index in [0.717, 1.165) is 18.4 Å². The highest BCUT2D eigenvalue weighted by Crippen LogP contribution is 2.24. The number of nitrogens with zero attached hydrogens (tertiary/aromatic N) is 1. The highest BCUT2D eigenvalue weighted by Gasteiger charge is 2.25. The summed E-state index contributed by atoms with van der Waals surface area (Å²) in [5, 5.41) is 9.98. The first-order chi connectivity index (χ1) is 9.63. The van der Waals surface area contributed by atoms with Crippen LogP contribution in [0.15, 0.2) is 18.2 Å². The van der Waals surface area contributed by atoms with Crippen molar-refractivity contribution in [1.29, 1.82) is 0 Å². The van der Waals surface area contributed by atoms with E-state index < -0.39 is 0 Å². The summed E-state index contributed by atoms with van der Waals surface area (Å²) in [4.78, 5) is 14.2. The molecule has 0 saturated carbocycles. The van der Waals surface area contributed by atoms with Crippen LogP contribution in [-0.2, 0) is 4.74 Å². The fourth-order valence-electron chi connectivity index (χ4n) is 2.44. The van der Waals surface area contributed by atoms with Crippen molar-refractivity contribution in [3.63, 3.8) is 0 Å². The predicted molar refractivity (Wildman–Crippen MR) is 78.4 cm³/mol. The molecule has 0 aromatic heterocycles. The topological polar surface area (TPSA) is 49.8 Å². The molecule has 0 unspecified atom stereocenters. The van der Waals surface area contributed by atoms with E-state index in [2.05, 4.69) is 0 Å². The Hall–Kier alpha value is -1.26. The van der Waals surface area contributed by atoms with Gasteiger partial charge in [0.15, 0.2) is 0 Å². The Kier molecular flexibility index (Phi) is 5.26. The second-order valence-corrected chi connectivity index (χ2v) is 5.40. The van der Waals surface area contributed by atoms with Crippen molar-refractivity contribution >= 4 is 17.5 Å². The first-order valence-corrected chi connectivity index (χ1v) is 7.42. The Morgan fingerprint density at radius 2 is 2.15 bits per heavy atom. The number of carbonyl (C=O) groups is 1. The summed E-state index contributed by atoms with van der Waals surface area (Å²) in [6.45, 7) is 3.65. The number of likely N-dealkylation sites (tertiary alicyclic amines) is 1. The maximum absolute atomic E-state index is 12.4. The van der Waals surface area contributed by atoms with Crippen LogP contribution in [0.3, 0.4) is 0 Å². The minimum Gasteiger partial charge on any atom is -0.507 e. The van der Waals surface area contributed by atoms with Crippen LogP contribution in [0.2, 0.25) is 0 Å². The Bertz CT molecular complexity index is 470. The highest BCUT2D eigenvalue weighted by molar-refractivity contribution is 6.17. The number of piperidine rings is 1. The van der Waals surface area contributed by atoms with Gasteiger partial charge in [-0.1, -0.05) is 12.1 Å². The fourth-order valence-corrected chi connectivity index (χ4v) is 2.53. The number of phenolic OH excluding ortho intramolecular Hbond substituents is 1. The molecule has 0 atom stereocenters. The van der Waals surface area contributed by atoms with Gasteiger partial charge in [0.1, 0.15) is 5.75 Å². The van der Waals surface area contributed by atoms with Gasteiger partial charge in [0.25, 0.3) is 5.91 Å². The SMILES string of the molecule is Cc1cccc(C(=O)N2CCC(OCCCl)CC2)c1O. The molecule has 1 heterocycles. The van der Waals surface area contributed by atoms with E-state index in [1.54, 1.807) is 30.0 Å². The van der Waals surface area contributed by atoms with Gasteiger partial charge in [-0.15, -0.1) is 11.6 Å². The fraction of sp³-hybridized carbons (Fsp3) is 0.533. The van der Waals surface area contributed by atoms with E-state index in [1.165, 1.54) is 0 Å². The van der Waals surface area contributed by atoms with Crippen LogP contribution in [0.4, 0.5) is 0 Å². The molecule has 0 bridgehead atoms. The van der Waals surface area contributed by atoms with Gasteiger partial charge in [-0.25, -0.2) is 0 Å². The van der Waals surface area contributed by atoms with Crippen LogP contribution < -0.4 is 0 Å². The van der Waals surface area contributed by atoms with Gasteiger partial charge < -0.3 is 14.7 Å². The number of hydrogen-bond donors (Lipinski definition) is 1. The van der Waals surface area contributed by atoms with Crippen molar-refractivity contribution in [2.75, 3.05) is 25.6 Å². The number of ether oxygens (including phenoxy) is 1. The third-order valence-corrected chi connectivity index (χ3v) is 3.78. The lowest BCUT2D eigenvalue weighted by atomic mass is 10.0. The first kappa shape index (κ1) is 15.1. The molecule has 110 valence electrons. The predicted octanol–water partition coefficient (Wildman–Crippen LogP) is 2.56. The first-order valence-electron chi connectivity index (χ1n) is 6.89. The molecular weight excluding hydrogens is 278 g/mol. The summed E-state index contributed by atoms with van der Waals surface area (Å²) in [7, 11) is 0. The summed E-state index contributed by atoms with van der Waals surface area (Å²) < 4.78 is 5.59. The lowest BCUT2D eigenvalue weighted by Crippen LogP contribution is -2.41. The molecule has 1 N–H and O–H groups in total. The standard InChI is InChI=1S/C15H20ClNO3/c1-11-3-2-4-13(14(11)18)15(19)17-8-5-12(6-9-17)20-10-7-16/h2-4,12,18H,5-10H2,1H3. The molecule has 1 aliphatic rings. The number of benzene rings is 1. The highest BCUT2D eigenvalue weighted by atomic mass is 35.5. The summed E-state index contributed by atoms with van der Waals surface area (Å²) in [6, 6.07) is 5.25. The van der Waals surface area contributed by atoms with Crippen molar-refractivity contribution in [3.8, 4) is 5.75 Å². The molecule has 1 aliphatic heterocycles. The molecule has 1 aromatic carbocycles. The van der Waals surface area contributed by atoms with Crippen LogP contribution in [0.25, 0.3) is 0 Å². The van der Waals surface area contributed by atoms with Gasteiger partial charge in [0, 0.05) is 19.0 Å². The summed E-state index contributed by atoms with van der Waals surface area (Å²) >= 11 is 5.59. The Balaban J connectivity index is 1.96. The average molecular weight is 298 g/mol. The number of rotatable bonds is 4. The van der Waals surface area contributed by atoms with Crippen molar-refractivity contribution in [3.05, 3.63) is 29.3 Å². The van der Waals surface area contributed by atoms with E-state index >= 15 is 0 Å². The Labute approximate surface area is 124 Å². The molecule has 0 spiro atoms. The quantitative estimate of drug-likeness (QED) is 0.869. The number of para-hydroxylation sites is 1. The molecular formula is C15H20ClNO3. The maximum atomic E-state index is 12.4. The van der Waals surface area contributed by atoms with E-state index in [-0.39, 0.29) is 17.8 Å². The molecule has 1 fully saturated rings. The van der Waals surface area contributed by atoms with E-state index in [9.17, 15) is 9.90 Å². The van der Waals surface area contributed by atoms with Crippen molar-refractivity contribution in [1.82, 2.24) is 4.90 Å². The van der Waals surface area contributed by atoms with E-state index in [1.807, 2.05) is 0 Å². The van der Waals surface area contributed by atoms with E-state index in [0.29, 0.717) is 31.1 Å². The lowest BCUT2D eigenvalue weighted by Gasteiger charge is -2.32. The third-order valence-electron chi connectivity index (χ3n) is 3.63. The number of hydrogen-bond acceptors (Lipinski definition) is 3. The Morgan fingerprint density at radius 1 is 1.45 bits per heavy atom. The number of aryl methyl sites for hydroxylation is 1. The van der Waals surface area contributed by atoms with Gasteiger partial charge in [-0.2, -0.15) is 0 Å². The molecule has 20 heavy (non-hydrogen) atoms. The number of phenols is 1. The zero-order valence-electron chi connectivity index (χ0n) is 11.6. The van der Waals surface area contributed by atoms with Crippen LogP contribution in [-0.4, -0.2) is 47.6 Å². The molecule has 4 nitrogen and oxygen atoms in total. The summed E-state index contributed by atoms with van der Waals surface area (Å²) in [5.41, 5.74) is 1.10. The molecule has 5 heteroatoms. The molecule has 2 rings (SSSR count). The van der Waals surface area contributed by atoms with Crippen molar-refractivity contribution < 1.29 is 14.6 Å². The zero-order chi connectivity index (χ0) is 14.5. The molecule has 0 aliphatic carbocycles. The average Bonchev–Trinajstić information content (AvgIpc) is 2.48. The van der Waals surface area contributed by atoms with Crippen molar-refractivity contribution in [2.24, 2.45) is 0 Å².